The minimum absolute atomic E-state index is 0.125. The Kier molecular flexibility index (Phi) is 9.48. The molecule has 4 heteroatoms. The molecule has 2 unspecified atom stereocenters. The summed E-state index contributed by atoms with van der Waals surface area (Å²) < 4.78 is 0. The first-order valence-corrected chi connectivity index (χ1v) is 7.50. The topological polar surface area (TPSA) is 72.2 Å². The molecule has 0 aromatic rings. The number of nitrogens with two attached hydrogens (primary N) is 1. The van der Waals surface area contributed by atoms with Gasteiger partial charge in [-0.2, -0.15) is 0 Å². The summed E-state index contributed by atoms with van der Waals surface area (Å²) in [4.78, 5) is 24.0. The number of hydrogen-bond acceptors (Lipinski definition) is 3. The van der Waals surface area contributed by atoms with E-state index in [1.165, 1.54) is 0 Å². The summed E-state index contributed by atoms with van der Waals surface area (Å²) in [6.07, 6.45) is 4.71. The molecule has 0 aromatic carbocycles. The molecule has 0 saturated heterocycles. The van der Waals surface area contributed by atoms with E-state index >= 15 is 0 Å². The Morgan fingerprint density at radius 3 is 2.21 bits per heavy atom. The largest absolute Gasteiger partial charge is 0.345 e. The number of amides is 1. The summed E-state index contributed by atoms with van der Waals surface area (Å²) >= 11 is 0. The van der Waals surface area contributed by atoms with Crippen molar-refractivity contribution in [2.45, 2.75) is 78.3 Å². The van der Waals surface area contributed by atoms with E-state index in [2.05, 4.69) is 12.2 Å². The van der Waals surface area contributed by atoms with Crippen molar-refractivity contribution >= 4 is 11.7 Å². The Morgan fingerprint density at radius 2 is 1.74 bits per heavy atom. The number of nitrogens with one attached hydrogen (secondary N) is 1. The zero-order valence-electron chi connectivity index (χ0n) is 12.9. The van der Waals surface area contributed by atoms with Crippen LogP contribution in [0.1, 0.15) is 66.2 Å². The normalized spacial score (nSPS) is 14.2. The lowest BCUT2D eigenvalue weighted by atomic mass is 9.97. The van der Waals surface area contributed by atoms with E-state index in [9.17, 15) is 9.59 Å². The summed E-state index contributed by atoms with van der Waals surface area (Å²) in [5, 5.41) is 2.83. The van der Waals surface area contributed by atoms with E-state index in [4.69, 9.17) is 5.73 Å². The molecule has 0 saturated carbocycles. The molecule has 0 heterocycles. The fourth-order valence-corrected chi connectivity index (χ4v) is 1.99. The van der Waals surface area contributed by atoms with E-state index in [0.717, 1.165) is 19.3 Å². The van der Waals surface area contributed by atoms with Crippen molar-refractivity contribution in [1.29, 1.82) is 0 Å². The second-order valence-electron chi connectivity index (χ2n) is 5.66. The van der Waals surface area contributed by atoms with Crippen LogP contribution < -0.4 is 11.1 Å². The SMILES string of the molecule is CCCCC(NC(=O)C(N)CCC)C(=O)CC(C)C. The molecule has 1 amide bonds. The lowest BCUT2D eigenvalue weighted by molar-refractivity contribution is -0.129. The first-order chi connectivity index (χ1) is 8.92. The average molecular weight is 270 g/mol. The Bertz CT molecular complexity index is 277. The zero-order chi connectivity index (χ0) is 14.8. The van der Waals surface area contributed by atoms with E-state index in [1.807, 2.05) is 20.8 Å². The number of unbranched alkanes of at least 4 members (excludes halogenated alkanes) is 1. The van der Waals surface area contributed by atoms with Gasteiger partial charge in [0.1, 0.15) is 0 Å². The summed E-state index contributed by atoms with van der Waals surface area (Å²) in [5.41, 5.74) is 5.78. The molecule has 2 atom stereocenters. The highest BCUT2D eigenvalue weighted by atomic mass is 16.2. The van der Waals surface area contributed by atoms with Crippen LogP contribution in [-0.4, -0.2) is 23.8 Å². The zero-order valence-corrected chi connectivity index (χ0v) is 12.9. The van der Waals surface area contributed by atoms with E-state index in [0.29, 0.717) is 25.2 Å². The maximum Gasteiger partial charge on any atom is 0.237 e. The summed E-state index contributed by atoms with van der Waals surface area (Å²) in [5.74, 6) is 0.249. The predicted molar refractivity (Wildman–Crippen MR) is 78.8 cm³/mol. The molecule has 0 aliphatic carbocycles. The van der Waals surface area contributed by atoms with Gasteiger partial charge in [0, 0.05) is 6.42 Å². The highest BCUT2D eigenvalue weighted by molar-refractivity contribution is 5.90. The molecule has 0 rings (SSSR count). The van der Waals surface area contributed by atoms with E-state index in [-0.39, 0.29) is 17.7 Å². The summed E-state index contributed by atoms with van der Waals surface area (Å²) in [7, 11) is 0. The van der Waals surface area contributed by atoms with Gasteiger partial charge >= 0.3 is 0 Å². The number of rotatable bonds is 10. The van der Waals surface area contributed by atoms with Crippen molar-refractivity contribution in [3.8, 4) is 0 Å². The molecule has 0 radical (unpaired) electrons. The molecule has 0 spiro atoms. The third kappa shape index (κ3) is 7.98. The summed E-state index contributed by atoms with van der Waals surface area (Å²) in [6.45, 7) is 8.10. The Hall–Kier alpha value is -0.900. The molecule has 0 aliphatic heterocycles. The van der Waals surface area contributed by atoms with Crippen molar-refractivity contribution in [1.82, 2.24) is 5.32 Å². The van der Waals surface area contributed by atoms with Crippen LogP contribution in [0.3, 0.4) is 0 Å². The van der Waals surface area contributed by atoms with Gasteiger partial charge in [0.15, 0.2) is 5.78 Å². The van der Waals surface area contributed by atoms with Gasteiger partial charge in [-0.15, -0.1) is 0 Å². The third-order valence-corrected chi connectivity index (χ3v) is 3.10. The van der Waals surface area contributed by atoms with E-state index in [1.54, 1.807) is 0 Å². The number of carbonyl (C=O) groups is 2. The van der Waals surface area contributed by atoms with Crippen LogP contribution in [0.25, 0.3) is 0 Å². The van der Waals surface area contributed by atoms with Crippen molar-refractivity contribution in [2.75, 3.05) is 0 Å². The number of hydrogen-bond donors (Lipinski definition) is 2. The fraction of sp³-hybridized carbons (Fsp3) is 0.867. The molecule has 0 bridgehead atoms. The average Bonchev–Trinajstić information content (AvgIpc) is 2.33. The number of ketones is 1. The number of carbonyl (C=O) groups excluding carboxylic acids is 2. The van der Waals surface area contributed by atoms with Gasteiger partial charge in [-0.25, -0.2) is 0 Å². The highest BCUT2D eigenvalue weighted by Gasteiger charge is 2.23. The predicted octanol–water partition coefficient (Wildman–Crippen LogP) is 2.40. The van der Waals surface area contributed by atoms with Gasteiger partial charge in [-0.3, -0.25) is 9.59 Å². The van der Waals surface area contributed by atoms with Crippen molar-refractivity contribution in [2.24, 2.45) is 11.7 Å². The molecule has 0 aromatic heterocycles. The standard InChI is InChI=1S/C15H30N2O2/c1-5-7-9-13(14(18)10-11(3)4)17-15(19)12(16)8-6-2/h11-13H,5-10,16H2,1-4H3,(H,17,19). The Balaban J connectivity index is 4.48. The third-order valence-electron chi connectivity index (χ3n) is 3.10. The van der Waals surface area contributed by atoms with Crippen LogP contribution in [0.4, 0.5) is 0 Å². The first-order valence-electron chi connectivity index (χ1n) is 7.50. The molecular formula is C15H30N2O2. The quantitative estimate of drug-likeness (QED) is 0.640. The second-order valence-corrected chi connectivity index (χ2v) is 5.66. The van der Waals surface area contributed by atoms with Crippen LogP contribution in [0, 0.1) is 5.92 Å². The van der Waals surface area contributed by atoms with Crippen molar-refractivity contribution < 1.29 is 9.59 Å². The summed E-state index contributed by atoms with van der Waals surface area (Å²) in [6, 6.07) is -0.862. The van der Waals surface area contributed by atoms with Gasteiger partial charge in [0.25, 0.3) is 0 Å². The van der Waals surface area contributed by atoms with E-state index < -0.39 is 6.04 Å². The molecule has 112 valence electrons. The van der Waals surface area contributed by atoms with Crippen LogP contribution in [0.15, 0.2) is 0 Å². The molecule has 0 aliphatic rings. The van der Waals surface area contributed by atoms with Crippen LogP contribution in [-0.2, 0) is 9.59 Å². The van der Waals surface area contributed by atoms with Crippen LogP contribution in [0.2, 0.25) is 0 Å². The second kappa shape index (κ2) is 9.96. The van der Waals surface area contributed by atoms with Gasteiger partial charge in [0.05, 0.1) is 12.1 Å². The molecule has 4 nitrogen and oxygen atoms in total. The van der Waals surface area contributed by atoms with Gasteiger partial charge in [0.2, 0.25) is 5.91 Å². The maximum atomic E-state index is 12.1. The maximum absolute atomic E-state index is 12.1. The minimum Gasteiger partial charge on any atom is -0.345 e. The van der Waals surface area contributed by atoms with Crippen molar-refractivity contribution in [3.05, 3.63) is 0 Å². The lowest BCUT2D eigenvalue weighted by Crippen LogP contribution is -2.48. The lowest BCUT2D eigenvalue weighted by Gasteiger charge is -2.20. The fourth-order valence-electron chi connectivity index (χ4n) is 1.99. The van der Waals surface area contributed by atoms with Gasteiger partial charge < -0.3 is 11.1 Å². The van der Waals surface area contributed by atoms with Gasteiger partial charge in [-0.1, -0.05) is 47.0 Å². The van der Waals surface area contributed by atoms with Crippen LogP contribution >= 0.6 is 0 Å². The van der Waals surface area contributed by atoms with Crippen molar-refractivity contribution in [3.63, 3.8) is 0 Å². The highest BCUT2D eigenvalue weighted by Crippen LogP contribution is 2.09. The molecule has 0 fully saturated rings. The Labute approximate surface area is 117 Å². The molecule has 3 N–H and O–H groups in total. The minimum atomic E-state index is -0.499. The molecule has 19 heavy (non-hydrogen) atoms. The smallest absolute Gasteiger partial charge is 0.237 e. The monoisotopic (exact) mass is 270 g/mol. The molecular weight excluding hydrogens is 240 g/mol. The van der Waals surface area contributed by atoms with Crippen LogP contribution in [0.5, 0.6) is 0 Å². The number of Topliss-reactive ketones (excluding diaryl/α,β-unsaturated/α-hetero) is 1. The first kappa shape index (κ1) is 18.1. The Morgan fingerprint density at radius 1 is 1.11 bits per heavy atom. The van der Waals surface area contributed by atoms with Gasteiger partial charge in [-0.05, 0) is 18.8 Å².